The Morgan fingerprint density at radius 1 is 1.41 bits per heavy atom. The molecule has 3 rings (SSSR count). The molecule has 114 valence electrons. The molecule has 0 aliphatic carbocycles. The number of benzene rings is 1. The first-order valence-corrected chi connectivity index (χ1v) is 7.29. The minimum absolute atomic E-state index is 0.174. The van der Waals surface area contributed by atoms with Crippen molar-refractivity contribution in [3.05, 3.63) is 47.6 Å². The molecule has 1 aromatic carbocycles. The quantitative estimate of drug-likeness (QED) is 0.804. The second-order valence-electron chi connectivity index (χ2n) is 5.20. The van der Waals surface area contributed by atoms with Crippen molar-refractivity contribution in [1.82, 2.24) is 20.1 Å². The van der Waals surface area contributed by atoms with Crippen LogP contribution in [0, 0.1) is 6.92 Å². The van der Waals surface area contributed by atoms with Gasteiger partial charge in [0.25, 0.3) is 5.91 Å². The highest BCUT2D eigenvalue weighted by atomic mass is 16.3. The maximum atomic E-state index is 12.4. The average molecular weight is 298 g/mol. The van der Waals surface area contributed by atoms with Gasteiger partial charge in [-0.05, 0) is 32.9 Å². The van der Waals surface area contributed by atoms with Crippen LogP contribution in [0.15, 0.2) is 34.9 Å². The van der Waals surface area contributed by atoms with Crippen LogP contribution < -0.4 is 5.32 Å². The normalized spacial score (nSPS) is 12.5. The van der Waals surface area contributed by atoms with Crippen LogP contribution in [0.4, 0.5) is 0 Å². The van der Waals surface area contributed by atoms with Crippen molar-refractivity contribution in [1.29, 1.82) is 0 Å². The standard InChI is InChI=1S/C16H18N4O2/c1-4-20-9-12(10(2)19-20)15(21)17-11(3)16-18-13-7-5-6-8-14(13)22-16/h5-9,11H,4H2,1-3H3,(H,17,21). The first-order valence-electron chi connectivity index (χ1n) is 7.29. The molecule has 2 heterocycles. The Hall–Kier alpha value is -2.63. The first kappa shape index (κ1) is 14.3. The maximum Gasteiger partial charge on any atom is 0.255 e. The number of nitrogens with zero attached hydrogens (tertiary/aromatic N) is 3. The summed E-state index contributed by atoms with van der Waals surface area (Å²) in [7, 11) is 0. The topological polar surface area (TPSA) is 73.0 Å². The summed E-state index contributed by atoms with van der Waals surface area (Å²) in [6.07, 6.45) is 1.75. The van der Waals surface area contributed by atoms with E-state index in [0.717, 1.165) is 12.1 Å². The van der Waals surface area contributed by atoms with Crippen LogP contribution in [0.25, 0.3) is 11.1 Å². The van der Waals surface area contributed by atoms with Crippen LogP contribution in [0.3, 0.4) is 0 Å². The van der Waals surface area contributed by atoms with Crippen LogP contribution in [0.1, 0.15) is 41.8 Å². The summed E-state index contributed by atoms with van der Waals surface area (Å²) in [4.78, 5) is 16.8. The van der Waals surface area contributed by atoms with Gasteiger partial charge in [-0.1, -0.05) is 12.1 Å². The predicted molar refractivity (Wildman–Crippen MR) is 82.5 cm³/mol. The number of fused-ring (bicyclic) bond motifs is 1. The van der Waals surface area contributed by atoms with Crippen LogP contribution in [-0.2, 0) is 6.54 Å². The average Bonchev–Trinajstić information content (AvgIpc) is 3.10. The molecule has 0 fully saturated rings. The molecule has 1 unspecified atom stereocenters. The second-order valence-corrected chi connectivity index (χ2v) is 5.20. The molecule has 0 saturated heterocycles. The van der Waals surface area contributed by atoms with Gasteiger partial charge in [0.15, 0.2) is 5.58 Å². The number of oxazole rings is 1. The smallest absolute Gasteiger partial charge is 0.255 e. The molecule has 0 bridgehead atoms. The fourth-order valence-corrected chi connectivity index (χ4v) is 2.31. The van der Waals surface area contributed by atoms with Gasteiger partial charge in [0, 0.05) is 12.7 Å². The molecule has 6 heteroatoms. The highest BCUT2D eigenvalue weighted by Crippen LogP contribution is 2.20. The van der Waals surface area contributed by atoms with Gasteiger partial charge < -0.3 is 9.73 Å². The van der Waals surface area contributed by atoms with Gasteiger partial charge >= 0.3 is 0 Å². The Morgan fingerprint density at radius 2 is 2.18 bits per heavy atom. The Kier molecular flexibility index (Phi) is 3.66. The molecular formula is C16H18N4O2. The van der Waals surface area contributed by atoms with E-state index >= 15 is 0 Å². The van der Waals surface area contributed by atoms with E-state index in [-0.39, 0.29) is 11.9 Å². The number of hydrogen-bond acceptors (Lipinski definition) is 4. The number of carbonyl (C=O) groups excluding carboxylic acids is 1. The lowest BCUT2D eigenvalue weighted by Gasteiger charge is -2.09. The summed E-state index contributed by atoms with van der Waals surface area (Å²) >= 11 is 0. The summed E-state index contributed by atoms with van der Waals surface area (Å²) in [5.74, 6) is 0.321. The number of amides is 1. The third-order valence-corrected chi connectivity index (χ3v) is 3.54. The van der Waals surface area contributed by atoms with Crippen LogP contribution in [0.2, 0.25) is 0 Å². The number of nitrogens with one attached hydrogen (secondary N) is 1. The van der Waals surface area contributed by atoms with Gasteiger partial charge in [-0.25, -0.2) is 4.98 Å². The number of carbonyl (C=O) groups is 1. The molecule has 1 atom stereocenters. The zero-order valence-electron chi connectivity index (χ0n) is 12.8. The second kappa shape index (κ2) is 5.63. The van der Waals surface area contributed by atoms with Crippen LogP contribution in [-0.4, -0.2) is 20.7 Å². The van der Waals surface area contributed by atoms with Crippen LogP contribution >= 0.6 is 0 Å². The van der Waals surface area contributed by atoms with E-state index in [1.54, 1.807) is 10.9 Å². The van der Waals surface area contributed by atoms with E-state index in [1.807, 2.05) is 45.0 Å². The number of aryl methyl sites for hydroxylation is 2. The van der Waals surface area contributed by atoms with E-state index in [4.69, 9.17) is 4.42 Å². The Bertz CT molecular complexity index is 786. The molecule has 0 radical (unpaired) electrons. The Morgan fingerprint density at radius 3 is 2.86 bits per heavy atom. The molecule has 1 N–H and O–H groups in total. The van der Waals surface area contributed by atoms with Gasteiger partial charge in [-0.3, -0.25) is 9.48 Å². The molecule has 6 nitrogen and oxygen atoms in total. The van der Waals surface area contributed by atoms with Gasteiger partial charge in [-0.15, -0.1) is 0 Å². The number of aromatic nitrogens is 3. The summed E-state index contributed by atoms with van der Waals surface area (Å²) in [6.45, 7) is 6.39. The van der Waals surface area contributed by atoms with E-state index < -0.39 is 0 Å². The fourth-order valence-electron chi connectivity index (χ4n) is 2.31. The number of rotatable bonds is 4. The van der Waals surface area contributed by atoms with E-state index in [2.05, 4.69) is 15.4 Å². The van der Waals surface area contributed by atoms with Crippen molar-refractivity contribution < 1.29 is 9.21 Å². The molecule has 3 aromatic rings. The summed E-state index contributed by atoms with van der Waals surface area (Å²) in [5, 5.41) is 7.18. The highest BCUT2D eigenvalue weighted by Gasteiger charge is 2.19. The molecular weight excluding hydrogens is 280 g/mol. The molecule has 1 amide bonds. The van der Waals surface area contributed by atoms with Crippen molar-refractivity contribution in [2.75, 3.05) is 0 Å². The first-order chi connectivity index (χ1) is 10.6. The monoisotopic (exact) mass is 298 g/mol. The van der Waals surface area contributed by atoms with Crippen molar-refractivity contribution in [2.45, 2.75) is 33.4 Å². The molecule has 0 saturated carbocycles. The lowest BCUT2D eigenvalue weighted by atomic mass is 10.2. The Balaban J connectivity index is 1.79. The van der Waals surface area contributed by atoms with E-state index in [9.17, 15) is 4.79 Å². The molecule has 0 aliphatic heterocycles. The lowest BCUT2D eigenvalue weighted by molar-refractivity contribution is 0.0934. The van der Waals surface area contributed by atoms with E-state index in [0.29, 0.717) is 22.7 Å². The largest absolute Gasteiger partial charge is 0.438 e. The zero-order chi connectivity index (χ0) is 15.7. The third-order valence-electron chi connectivity index (χ3n) is 3.54. The number of para-hydroxylation sites is 2. The number of hydrogen-bond donors (Lipinski definition) is 1. The van der Waals surface area contributed by atoms with Gasteiger partial charge in [0.2, 0.25) is 5.89 Å². The van der Waals surface area contributed by atoms with Crippen molar-refractivity contribution in [3.63, 3.8) is 0 Å². The lowest BCUT2D eigenvalue weighted by Crippen LogP contribution is -2.27. The fraction of sp³-hybridized carbons (Fsp3) is 0.312. The predicted octanol–water partition coefficient (Wildman–Crippen LogP) is 2.84. The maximum absolute atomic E-state index is 12.4. The summed E-state index contributed by atoms with van der Waals surface area (Å²) in [6, 6.07) is 7.22. The SMILES string of the molecule is CCn1cc(C(=O)NC(C)c2nc3ccccc3o2)c(C)n1. The van der Waals surface area contributed by atoms with Crippen molar-refractivity contribution >= 4 is 17.0 Å². The van der Waals surface area contributed by atoms with Crippen LogP contribution in [0.5, 0.6) is 0 Å². The molecule has 2 aromatic heterocycles. The van der Waals surface area contributed by atoms with Crippen molar-refractivity contribution in [2.24, 2.45) is 0 Å². The summed E-state index contributed by atoms with van der Waals surface area (Å²) in [5.41, 5.74) is 2.79. The molecule has 22 heavy (non-hydrogen) atoms. The zero-order valence-corrected chi connectivity index (χ0v) is 12.8. The minimum Gasteiger partial charge on any atom is -0.438 e. The molecule has 0 spiro atoms. The summed E-state index contributed by atoms with van der Waals surface area (Å²) < 4.78 is 7.42. The van der Waals surface area contributed by atoms with Gasteiger partial charge in [0.05, 0.1) is 11.3 Å². The highest BCUT2D eigenvalue weighted by molar-refractivity contribution is 5.95. The minimum atomic E-state index is -0.315. The Labute approximate surface area is 128 Å². The molecule has 0 aliphatic rings. The van der Waals surface area contributed by atoms with Gasteiger partial charge in [-0.2, -0.15) is 5.10 Å². The van der Waals surface area contributed by atoms with E-state index in [1.165, 1.54) is 0 Å². The van der Waals surface area contributed by atoms with Gasteiger partial charge in [0.1, 0.15) is 11.6 Å². The third kappa shape index (κ3) is 2.59. The van der Waals surface area contributed by atoms with Crippen molar-refractivity contribution in [3.8, 4) is 0 Å².